The summed E-state index contributed by atoms with van der Waals surface area (Å²) < 4.78 is 0. The number of para-hydroxylation sites is 1. The van der Waals surface area contributed by atoms with Crippen molar-refractivity contribution in [2.45, 2.75) is 98.7 Å². The number of rotatable bonds is 4. The predicted molar refractivity (Wildman–Crippen MR) is 210 cm³/mol. The maximum absolute atomic E-state index is 2.67. The molecule has 11 rings (SSSR count). The standard InChI is InChI=1S/C48H49NS/c1-46(2)22-23-47(3,4)45-40(46)16-11-17-42(45)49(37-14-9-6-10-15-37)38-19-21-43-41(30-38)48(35-25-31-24-32(27-35)28-36(48)26-31)39-20-18-34(29-44(39)50-43)33-12-7-5-8-13-33/h5-21,29-32,35-36H,22-28H2,1-4H3. The normalized spacial score (nSPS) is 27.8. The van der Waals surface area contributed by atoms with Gasteiger partial charge in [-0.25, -0.2) is 0 Å². The SMILES string of the molecule is CC1(C)CCC(C)(C)c2c(N(c3ccccc3)c3ccc4c(c3)C3(c5ccc(-c6ccccc6)cc5S4)C4CC5CC(C4)CC3C5)cccc21. The van der Waals surface area contributed by atoms with E-state index in [0.29, 0.717) is 11.8 Å². The van der Waals surface area contributed by atoms with Crippen LogP contribution in [0.4, 0.5) is 17.1 Å². The van der Waals surface area contributed by atoms with Crippen LogP contribution >= 0.6 is 11.8 Å². The first-order valence-electron chi connectivity index (χ1n) is 19.2. The average Bonchev–Trinajstić information content (AvgIpc) is 3.12. The van der Waals surface area contributed by atoms with E-state index in [4.69, 9.17) is 0 Å². The van der Waals surface area contributed by atoms with Gasteiger partial charge in [-0.1, -0.05) is 112 Å². The lowest BCUT2D eigenvalue weighted by atomic mass is 9.42. The second-order valence-electron chi connectivity index (χ2n) is 17.7. The molecule has 6 aliphatic rings. The zero-order valence-electron chi connectivity index (χ0n) is 30.1. The van der Waals surface area contributed by atoms with Gasteiger partial charge in [0.05, 0.1) is 5.69 Å². The maximum Gasteiger partial charge on any atom is 0.0502 e. The molecule has 5 aliphatic carbocycles. The zero-order valence-corrected chi connectivity index (χ0v) is 30.9. The highest BCUT2D eigenvalue weighted by atomic mass is 32.2. The molecule has 50 heavy (non-hydrogen) atoms. The van der Waals surface area contributed by atoms with Crippen molar-refractivity contribution in [2.75, 3.05) is 4.90 Å². The molecule has 2 heteroatoms. The van der Waals surface area contributed by atoms with Gasteiger partial charge >= 0.3 is 0 Å². The number of benzene rings is 5. The van der Waals surface area contributed by atoms with Crippen LogP contribution in [0.25, 0.3) is 11.1 Å². The summed E-state index contributed by atoms with van der Waals surface area (Å²) in [5.74, 6) is 3.26. The molecule has 4 bridgehead atoms. The average molecular weight is 672 g/mol. The Bertz CT molecular complexity index is 2080. The maximum atomic E-state index is 2.67. The van der Waals surface area contributed by atoms with Crippen LogP contribution in [0.3, 0.4) is 0 Å². The minimum atomic E-state index is 0.0777. The van der Waals surface area contributed by atoms with Gasteiger partial charge in [0.2, 0.25) is 0 Å². The van der Waals surface area contributed by atoms with Gasteiger partial charge in [-0.2, -0.15) is 0 Å². The van der Waals surface area contributed by atoms with Crippen LogP contribution in [0.1, 0.15) is 94.9 Å². The molecule has 0 amide bonds. The fourth-order valence-corrected chi connectivity index (χ4v) is 13.0. The van der Waals surface area contributed by atoms with E-state index in [1.807, 2.05) is 11.8 Å². The topological polar surface area (TPSA) is 3.24 Å². The molecule has 1 spiro atoms. The monoisotopic (exact) mass is 671 g/mol. The molecule has 0 unspecified atom stereocenters. The quantitative estimate of drug-likeness (QED) is 0.187. The summed E-state index contributed by atoms with van der Waals surface area (Å²) in [6.45, 7) is 9.85. The van der Waals surface area contributed by atoms with E-state index in [1.165, 1.54) is 94.1 Å². The van der Waals surface area contributed by atoms with Crippen LogP contribution in [0.5, 0.6) is 0 Å². The Hall–Kier alpha value is -3.75. The Morgan fingerprint density at radius 2 is 1.20 bits per heavy atom. The van der Waals surface area contributed by atoms with Gasteiger partial charge in [-0.05, 0) is 155 Å². The highest BCUT2D eigenvalue weighted by Crippen LogP contribution is 2.69. The van der Waals surface area contributed by atoms with Crippen molar-refractivity contribution in [3.8, 4) is 11.1 Å². The summed E-state index contributed by atoms with van der Waals surface area (Å²) in [6.07, 6.45) is 9.44. The summed E-state index contributed by atoms with van der Waals surface area (Å²) in [6, 6.07) is 44.5. The number of hydrogen-bond acceptors (Lipinski definition) is 2. The molecular weight excluding hydrogens is 623 g/mol. The molecule has 1 aliphatic heterocycles. The van der Waals surface area contributed by atoms with Crippen LogP contribution in [0.15, 0.2) is 125 Å². The van der Waals surface area contributed by atoms with Gasteiger partial charge in [-0.15, -0.1) is 0 Å². The molecular formula is C48H49NS. The largest absolute Gasteiger partial charge is 0.310 e. The lowest BCUT2D eigenvalue weighted by Crippen LogP contribution is -2.57. The fraction of sp³-hybridized carbons (Fsp3) is 0.375. The van der Waals surface area contributed by atoms with Crippen LogP contribution in [-0.2, 0) is 16.2 Å². The summed E-state index contributed by atoms with van der Waals surface area (Å²) in [5.41, 5.74) is 13.1. The lowest BCUT2D eigenvalue weighted by molar-refractivity contribution is -0.0443. The molecule has 4 saturated carbocycles. The second kappa shape index (κ2) is 11.1. The Morgan fingerprint density at radius 3 is 1.92 bits per heavy atom. The van der Waals surface area contributed by atoms with E-state index in [0.717, 1.165) is 11.8 Å². The minimum Gasteiger partial charge on any atom is -0.310 e. The summed E-state index contributed by atoms with van der Waals surface area (Å²) in [5, 5.41) is 0. The molecule has 252 valence electrons. The van der Waals surface area contributed by atoms with Crippen LogP contribution in [-0.4, -0.2) is 0 Å². The summed E-state index contributed by atoms with van der Waals surface area (Å²) >= 11 is 2.03. The Balaban J connectivity index is 1.19. The van der Waals surface area contributed by atoms with E-state index in [9.17, 15) is 0 Å². The predicted octanol–water partition coefficient (Wildman–Crippen LogP) is 13.4. The Morgan fingerprint density at radius 1 is 0.520 bits per heavy atom. The summed E-state index contributed by atoms with van der Waals surface area (Å²) in [4.78, 5) is 5.58. The molecule has 5 aromatic carbocycles. The van der Waals surface area contributed by atoms with Gasteiger partial charge in [-0.3, -0.25) is 0 Å². The molecule has 1 nitrogen and oxygen atoms in total. The lowest BCUT2D eigenvalue weighted by Gasteiger charge is -2.63. The van der Waals surface area contributed by atoms with E-state index in [1.54, 1.807) is 11.1 Å². The third-order valence-electron chi connectivity index (χ3n) is 13.9. The first-order valence-corrected chi connectivity index (χ1v) is 20.1. The Labute approximate surface area is 303 Å². The third kappa shape index (κ3) is 4.52. The Kier molecular flexibility index (Phi) is 6.90. The van der Waals surface area contributed by atoms with Crippen molar-refractivity contribution in [2.24, 2.45) is 23.7 Å². The molecule has 5 aromatic rings. The first kappa shape index (κ1) is 31.0. The van der Waals surface area contributed by atoms with Crippen LogP contribution in [0, 0.1) is 23.7 Å². The first-order chi connectivity index (χ1) is 24.2. The van der Waals surface area contributed by atoms with Crippen molar-refractivity contribution in [3.05, 3.63) is 138 Å². The van der Waals surface area contributed by atoms with Crippen molar-refractivity contribution in [1.29, 1.82) is 0 Å². The molecule has 0 atom stereocenters. The zero-order chi connectivity index (χ0) is 33.8. The minimum absolute atomic E-state index is 0.0777. The molecule has 4 fully saturated rings. The van der Waals surface area contributed by atoms with Crippen LogP contribution < -0.4 is 4.90 Å². The number of anilines is 3. The molecule has 0 aromatic heterocycles. The van der Waals surface area contributed by atoms with Crippen molar-refractivity contribution < 1.29 is 0 Å². The van der Waals surface area contributed by atoms with Gasteiger partial charge in [0, 0.05) is 26.6 Å². The highest BCUT2D eigenvalue weighted by molar-refractivity contribution is 7.99. The number of fused-ring (bicyclic) bond motifs is 3. The van der Waals surface area contributed by atoms with Gasteiger partial charge in [0.1, 0.15) is 0 Å². The smallest absolute Gasteiger partial charge is 0.0502 e. The van der Waals surface area contributed by atoms with Gasteiger partial charge in [0.15, 0.2) is 0 Å². The third-order valence-corrected chi connectivity index (χ3v) is 15.1. The van der Waals surface area contributed by atoms with Crippen LogP contribution in [0.2, 0.25) is 0 Å². The van der Waals surface area contributed by atoms with E-state index in [-0.39, 0.29) is 16.2 Å². The van der Waals surface area contributed by atoms with Gasteiger partial charge < -0.3 is 4.90 Å². The second-order valence-corrected chi connectivity index (χ2v) is 18.8. The van der Waals surface area contributed by atoms with E-state index < -0.39 is 0 Å². The van der Waals surface area contributed by atoms with E-state index in [2.05, 4.69) is 148 Å². The summed E-state index contributed by atoms with van der Waals surface area (Å²) in [7, 11) is 0. The number of hydrogen-bond donors (Lipinski definition) is 0. The molecule has 0 radical (unpaired) electrons. The molecule has 0 saturated heterocycles. The van der Waals surface area contributed by atoms with Crippen molar-refractivity contribution in [1.82, 2.24) is 0 Å². The van der Waals surface area contributed by atoms with Crippen molar-refractivity contribution in [3.63, 3.8) is 0 Å². The molecule has 1 heterocycles. The highest BCUT2D eigenvalue weighted by Gasteiger charge is 2.60. The van der Waals surface area contributed by atoms with E-state index >= 15 is 0 Å². The fourth-order valence-electron chi connectivity index (χ4n) is 11.8. The van der Waals surface area contributed by atoms with Gasteiger partial charge in [0.25, 0.3) is 0 Å². The molecule has 0 N–H and O–H groups in total. The number of nitrogens with zero attached hydrogens (tertiary/aromatic N) is 1. The van der Waals surface area contributed by atoms with Crippen molar-refractivity contribution >= 4 is 28.8 Å².